The number of imidazole rings is 1. The van der Waals surface area contributed by atoms with Gasteiger partial charge < -0.3 is 15.2 Å². The molecule has 5 heteroatoms. The number of nitrogens with zero attached hydrogens (tertiary/aromatic N) is 2. The van der Waals surface area contributed by atoms with Crippen molar-refractivity contribution < 1.29 is 4.79 Å². The van der Waals surface area contributed by atoms with E-state index < -0.39 is 0 Å². The van der Waals surface area contributed by atoms with Crippen molar-refractivity contribution in [3.8, 4) is 22.4 Å². The van der Waals surface area contributed by atoms with Crippen molar-refractivity contribution in [1.29, 1.82) is 0 Å². The van der Waals surface area contributed by atoms with Gasteiger partial charge in [0.05, 0.1) is 11.9 Å². The number of amides is 2. The van der Waals surface area contributed by atoms with Gasteiger partial charge in [-0.1, -0.05) is 67.9 Å². The first-order valence-corrected chi connectivity index (χ1v) is 11.0. The number of carbonyl (C=O) groups excluding carboxylic acids is 1. The molecule has 5 nitrogen and oxygen atoms in total. The normalized spacial score (nSPS) is 14.6. The molecule has 1 saturated heterocycles. The molecule has 0 aliphatic carbocycles. The Labute approximate surface area is 178 Å². The van der Waals surface area contributed by atoms with Crippen LogP contribution < -0.4 is 5.32 Å². The number of benzene rings is 2. The number of H-pyrrole nitrogens is 1. The smallest absolute Gasteiger partial charge is 0.317 e. The van der Waals surface area contributed by atoms with E-state index in [4.69, 9.17) is 0 Å². The molecule has 3 aromatic rings. The predicted octanol–water partition coefficient (Wildman–Crippen LogP) is 5.43. The van der Waals surface area contributed by atoms with Crippen LogP contribution in [0.4, 0.5) is 4.79 Å². The molecule has 0 bridgehead atoms. The lowest BCUT2D eigenvalue weighted by Crippen LogP contribution is -2.44. The quantitative estimate of drug-likeness (QED) is 0.540. The van der Waals surface area contributed by atoms with Crippen LogP contribution in [-0.2, 0) is 0 Å². The number of nitrogens with one attached hydrogen (secondary N) is 2. The summed E-state index contributed by atoms with van der Waals surface area (Å²) in [6.07, 6.45) is 5.95. The zero-order valence-corrected chi connectivity index (χ0v) is 17.6. The van der Waals surface area contributed by atoms with Crippen molar-refractivity contribution in [2.75, 3.05) is 19.6 Å². The van der Waals surface area contributed by atoms with Crippen molar-refractivity contribution in [3.63, 3.8) is 0 Å². The number of unbranched alkanes of at least 4 members (excludes halogenated alkanes) is 1. The highest BCUT2D eigenvalue weighted by atomic mass is 16.2. The second-order valence-electron chi connectivity index (χ2n) is 7.97. The first-order chi connectivity index (χ1) is 14.7. The van der Waals surface area contributed by atoms with Crippen LogP contribution >= 0.6 is 0 Å². The van der Waals surface area contributed by atoms with Crippen LogP contribution in [0.25, 0.3) is 22.4 Å². The Hall–Kier alpha value is -3.08. The van der Waals surface area contributed by atoms with Gasteiger partial charge in [0.15, 0.2) is 0 Å². The Kier molecular flexibility index (Phi) is 6.47. The summed E-state index contributed by atoms with van der Waals surface area (Å²) in [7, 11) is 0. The highest BCUT2D eigenvalue weighted by Crippen LogP contribution is 2.29. The average molecular weight is 403 g/mol. The molecule has 0 radical (unpaired) electrons. The lowest BCUT2D eigenvalue weighted by molar-refractivity contribution is 0.180. The van der Waals surface area contributed by atoms with Gasteiger partial charge in [-0.25, -0.2) is 9.78 Å². The third-order valence-electron chi connectivity index (χ3n) is 5.87. The molecule has 1 aliphatic heterocycles. The van der Waals surface area contributed by atoms with E-state index >= 15 is 0 Å². The number of urea groups is 1. The minimum absolute atomic E-state index is 0.0699. The van der Waals surface area contributed by atoms with Crippen LogP contribution in [0.2, 0.25) is 0 Å². The minimum Gasteiger partial charge on any atom is -0.342 e. The summed E-state index contributed by atoms with van der Waals surface area (Å²) in [6, 6.07) is 19.1. The van der Waals surface area contributed by atoms with Crippen molar-refractivity contribution in [3.05, 3.63) is 66.6 Å². The van der Waals surface area contributed by atoms with Crippen LogP contribution in [0.1, 0.15) is 44.3 Å². The number of hydrogen-bond donors (Lipinski definition) is 2. The van der Waals surface area contributed by atoms with Crippen molar-refractivity contribution in [2.24, 2.45) is 0 Å². The zero-order chi connectivity index (χ0) is 20.8. The third kappa shape index (κ3) is 4.73. The predicted molar refractivity (Wildman–Crippen MR) is 121 cm³/mol. The largest absolute Gasteiger partial charge is 0.342 e. The molecule has 4 rings (SSSR count). The number of aromatic nitrogens is 2. The van der Waals surface area contributed by atoms with Gasteiger partial charge in [0.2, 0.25) is 0 Å². The maximum absolute atomic E-state index is 12.2. The monoisotopic (exact) mass is 402 g/mol. The topological polar surface area (TPSA) is 61.0 Å². The third-order valence-corrected chi connectivity index (χ3v) is 5.87. The van der Waals surface area contributed by atoms with Gasteiger partial charge in [0.1, 0.15) is 5.82 Å². The molecule has 30 heavy (non-hydrogen) atoms. The SMILES string of the molecule is CCCCNC(=O)N1CCC(c2ncc(-c3ccc(-c4ccccc4)cc3)[nH]2)CC1. The van der Waals surface area contributed by atoms with E-state index in [-0.39, 0.29) is 6.03 Å². The molecular weight excluding hydrogens is 372 g/mol. The molecule has 2 N–H and O–H groups in total. The van der Waals surface area contributed by atoms with Crippen LogP contribution in [0.15, 0.2) is 60.8 Å². The van der Waals surface area contributed by atoms with Gasteiger partial charge in [0, 0.05) is 25.6 Å². The Balaban J connectivity index is 1.35. The molecule has 2 heterocycles. The standard InChI is InChI=1S/C25H30N4O/c1-2-3-15-26-25(30)29-16-13-22(14-17-29)24-27-18-23(28-24)21-11-9-20(10-12-21)19-7-5-4-6-8-19/h4-12,18,22H,2-3,13-17H2,1H3,(H,26,30)(H,27,28). The summed E-state index contributed by atoms with van der Waals surface area (Å²) in [5.74, 6) is 1.41. The fourth-order valence-electron chi connectivity index (χ4n) is 4.00. The highest BCUT2D eigenvalue weighted by molar-refractivity contribution is 5.74. The lowest BCUT2D eigenvalue weighted by atomic mass is 9.96. The summed E-state index contributed by atoms with van der Waals surface area (Å²) in [5.41, 5.74) is 4.62. The fourth-order valence-corrected chi connectivity index (χ4v) is 4.00. The van der Waals surface area contributed by atoms with E-state index in [1.807, 2.05) is 17.2 Å². The van der Waals surface area contributed by atoms with Gasteiger partial charge in [-0.2, -0.15) is 0 Å². The number of likely N-dealkylation sites (tertiary alicyclic amines) is 1. The second kappa shape index (κ2) is 9.61. The van der Waals surface area contributed by atoms with Gasteiger partial charge in [-0.05, 0) is 36.0 Å². The summed E-state index contributed by atoms with van der Waals surface area (Å²) < 4.78 is 0. The van der Waals surface area contributed by atoms with Crippen LogP contribution in [0, 0.1) is 0 Å². The number of piperidine rings is 1. The van der Waals surface area contributed by atoms with E-state index in [9.17, 15) is 4.79 Å². The first kappa shape index (κ1) is 20.2. The molecule has 2 amide bonds. The summed E-state index contributed by atoms with van der Waals surface area (Å²) in [4.78, 5) is 22.3. The Morgan fingerprint density at radius 3 is 2.40 bits per heavy atom. The molecule has 2 aromatic carbocycles. The lowest BCUT2D eigenvalue weighted by Gasteiger charge is -2.31. The Morgan fingerprint density at radius 1 is 1.03 bits per heavy atom. The Morgan fingerprint density at radius 2 is 1.70 bits per heavy atom. The fraction of sp³-hybridized carbons (Fsp3) is 0.360. The molecule has 0 atom stereocenters. The van der Waals surface area contributed by atoms with Crippen LogP contribution in [0.3, 0.4) is 0 Å². The molecule has 0 spiro atoms. The van der Waals surface area contributed by atoms with Crippen molar-refractivity contribution in [1.82, 2.24) is 20.2 Å². The van der Waals surface area contributed by atoms with E-state index in [0.29, 0.717) is 5.92 Å². The van der Waals surface area contributed by atoms with Gasteiger partial charge >= 0.3 is 6.03 Å². The zero-order valence-electron chi connectivity index (χ0n) is 17.6. The average Bonchev–Trinajstić information content (AvgIpc) is 3.30. The minimum atomic E-state index is 0.0699. The maximum atomic E-state index is 12.2. The number of aromatic amines is 1. The van der Waals surface area contributed by atoms with E-state index in [1.54, 1.807) is 0 Å². The summed E-state index contributed by atoms with van der Waals surface area (Å²) in [6.45, 7) is 4.46. The second-order valence-corrected chi connectivity index (χ2v) is 7.97. The molecule has 0 unspecified atom stereocenters. The summed E-state index contributed by atoms with van der Waals surface area (Å²) in [5, 5.41) is 3.01. The van der Waals surface area contributed by atoms with E-state index in [2.05, 4.69) is 70.7 Å². The van der Waals surface area contributed by atoms with Gasteiger partial charge in [0.25, 0.3) is 0 Å². The molecule has 156 valence electrons. The molecule has 1 fully saturated rings. The Bertz CT molecular complexity index is 941. The van der Waals surface area contributed by atoms with Gasteiger partial charge in [-0.3, -0.25) is 0 Å². The molecule has 1 aliphatic rings. The number of rotatable bonds is 6. The molecule has 0 saturated carbocycles. The van der Waals surface area contributed by atoms with Crippen molar-refractivity contribution in [2.45, 2.75) is 38.5 Å². The number of carbonyl (C=O) groups is 1. The molecular formula is C25H30N4O. The van der Waals surface area contributed by atoms with E-state index in [1.165, 1.54) is 11.1 Å². The maximum Gasteiger partial charge on any atom is 0.317 e. The van der Waals surface area contributed by atoms with Crippen LogP contribution in [0.5, 0.6) is 0 Å². The first-order valence-electron chi connectivity index (χ1n) is 11.0. The highest BCUT2D eigenvalue weighted by Gasteiger charge is 2.25. The van der Waals surface area contributed by atoms with Crippen molar-refractivity contribution >= 4 is 6.03 Å². The van der Waals surface area contributed by atoms with E-state index in [0.717, 1.165) is 62.4 Å². The summed E-state index contributed by atoms with van der Waals surface area (Å²) >= 11 is 0. The van der Waals surface area contributed by atoms with Crippen LogP contribution in [-0.4, -0.2) is 40.5 Å². The number of hydrogen-bond acceptors (Lipinski definition) is 2. The molecule has 1 aromatic heterocycles. The van der Waals surface area contributed by atoms with Gasteiger partial charge in [-0.15, -0.1) is 0 Å².